The van der Waals surface area contributed by atoms with Gasteiger partial charge >= 0.3 is 0 Å². The molecule has 1 fully saturated rings. The van der Waals surface area contributed by atoms with Crippen LogP contribution in [0.2, 0.25) is 0 Å². The highest BCUT2D eigenvalue weighted by atomic mass is 19.1. The van der Waals surface area contributed by atoms with Crippen LogP contribution in [0.3, 0.4) is 0 Å². The molecule has 0 amide bonds. The molecule has 0 spiro atoms. The summed E-state index contributed by atoms with van der Waals surface area (Å²) < 4.78 is 18.7. The number of benzene rings is 1. The SMILES string of the molecule is CN(CCNc1cccc(F)c1)CC1CCCCO1. The van der Waals surface area contributed by atoms with Crippen LogP contribution in [0.15, 0.2) is 24.3 Å². The van der Waals surface area contributed by atoms with Crippen molar-refractivity contribution in [3.8, 4) is 0 Å². The van der Waals surface area contributed by atoms with Crippen LogP contribution < -0.4 is 5.32 Å². The molecular weight excluding hydrogens is 243 g/mol. The van der Waals surface area contributed by atoms with Gasteiger partial charge in [0.1, 0.15) is 5.82 Å². The molecule has 1 atom stereocenters. The smallest absolute Gasteiger partial charge is 0.125 e. The molecule has 1 unspecified atom stereocenters. The standard InChI is InChI=1S/C15H23FN2O/c1-18(12-15-7-2-3-10-19-15)9-8-17-14-6-4-5-13(16)11-14/h4-6,11,15,17H,2-3,7-10,12H2,1H3. The lowest BCUT2D eigenvalue weighted by atomic mass is 10.1. The Morgan fingerprint density at radius 2 is 2.32 bits per heavy atom. The summed E-state index contributed by atoms with van der Waals surface area (Å²) in [6.07, 6.45) is 4.02. The molecule has 1 saturated heterocycles. The quantitative estimate of drug-likeness (QED) is 0.857. The number of halogens is 1. The van der Waals surface area contributed by atoms with E-state index in [0.717, 1.165) is 31.9 Å². The van der Waals surface area contributed by atoms with Crippen LogP contribution in [0.4, 0.5) is 10.1 Å². The van der Waals surface area contributed by atoms with E-state index in [1.165, 1.54) is 31.4 Å². The molecule has 1 heterocycles. The largest absolute Gasteiger partial charge is 0.384 e. The Bertz CT molecular complexity index is 380. The maximum Gasteiger partial charge on any atom is 0.125 e. The molecule has 2 rings (SSSR count). The van der Waals surface area contributed by atoms with Crippen molar-refractivity contribution >= 4 is 5.69 Å². The van der Waals surface area contributed by atoms with E-state index in [1.807, 2.05) is 6.07 Å². The van der Waals surface area contributed by atoms with Gasteiger partial charge in [-0.3, -0.25) is 0 Å². The van der Waals surface area contributed by atoms with Crippen molar-refractivity contribution in [1.82, 2.24) is 4.90 Å². The Labute approximate surface area is 114 Å². The molecule has 0 aromatic heterocycles. The number of anilines is 1. The molecular formula is C15H23FN2O. The van der Waals surface area contributed by atoms with E-state index >= 15 is 0 Å². The number of rotatable bonds is 6. The Morgan fingerprint density at radius 1 is 1.42 bits per heavy atom. The van der Waals surface area contributed by atoms with Gasteiger partial charge < -0.3 is 15.0 Å². The predicted octanol–water partition coefficient (Wildman–Crippen LogP) is 2.74. The molecule has 1 aliphatic heterocycles. The fraction of sp³-hybridized carbons (Fsp3) is 0.600. The average molecular weight is 266 g/mol. The van der Waals surface area contributed by atoms with Crippen molar-refractivity contribution in [3.63, 3.8) is 0 Å². The van der Waals surface area contributed by atoms with Gasteiger partial charge in [0, 0.05) is 31.9 Å². The lowest BCUT2D eigenvalue weighted by molar-refractivity contribution is -0.000835. The zero-order valence-corrected chi connectivity index (χ0v) is 11.6. The lowest BCUT2D eigenvalue weighted by Crippen LogP contribution is -2.35. The Morgan fingerprint density at radius 3 is 3.05 bits per heavy atom. The number of ether oxygens (including phenoxy) is 1. The first-order valence-electron chi connectivity index (χ1n) is 7.03. The zero-order chi connectivity index (χ0) is 13.5. The molecule has 19 heavy (non-hydrogen) atoms. The van der Waals surface area contributed by atoms with Crippen LogP contribution in [0.25, 0.3) is 0 Å². The normalized spacial score (nSPS) is 19.6. The summed E-state index contributed by atoms with van der Waals surface area (Å²) in [6.45, 7) is 3.62. The number of hydrogen-bond acceptors (Lipinski definition) is 3. The van der Waals surface area contributed by atoms with Crippen molar-refractivity contribution in [2.75, 3.05) is 38.6 Å². The van der Waals surface area contributed by atoms with Crippen LogP contribution in [-0.4, -0.2) is 44.3 Å². The first-order valence-corrected chi connectivity index (χ1v) is 7.03. The summed E-state index contributed by atoms with van der Waals surface area (Å²) in [6, 6.07) is 6.58. The van der Waals surface area contributed by atoms with Gasteiger partial charge in [0.15, 0.2) is 0 Å². The molecule has 4 heteroatoms. The van der Waals surface area contributed by atoms with Crippen molar-refractivity contribution in [1.29, 1.82) is 0 Å². The van der Waals surface area contributed by atoms with E-state index in [1.54, 1.807) is 6.07 Å². The Kier molecular flexibility index (Phi) is 5.61. The topological polar surface area (TPSA) is 24.5 Å². The number of hydrogen-bond donors (Lipinski definition) is 1. The third-order valence-corrected chi connectivity index (χ3v) is 3.44. The average Bonchev–Trinajstić information content (AvgIpc) is 2.40. The molecule has 0 aliphatic carbocycles. The molecule has 3 nitrogen and oxygen atoms in total. The first kappa shape index (κ1) is 14.3. The van der Waals surface area contributed by atoms with E-state index in [9.17, 15) is 4.39 Å². The summed E-state index contributed by atoms with van der Waals surface area (Å²) in [4.78, 5) is 2.27. The highest BCUT2D eigenvalue weighted by Gasteiger charge is 2.15. The maximum atomic E-state index is 13.0. The van der Waals surface area contributed by atoms with Gasteiger partial charge in [-0.25, -0.2) is 4.39 Å². The van der Waals surface area contributed by atoms with Gasteiger partial charge in [-0.05, 0) is 44.5 Å². The van der Waals surface area contributed by atoms with Crippen LogP contribution in [0.1, 0.15) is 19.3 Å². The summed E-state index contributed by atoms with van der Waals surface area (Å²) >= 11 is 0. The highest BCUT2D eigenvalue weighted by molar-refractivity contribution is 5.42. The second kappa shape index (κ2) is 7.46. The van der Waals surface area contributed by atoms with Gasteiger partial charge in [0.25, 0.3) is 0 Å². The van der Waals surface area contributed by atoms with E-state index in [2.05, 4.69) is 17.3 Å². The molecule has 1 N–H and O–H groups in total. The van der Waals surface area contributed by atoms with Gasteiger partial charge in [0.2, 0.25) is 0 Å². The van der Waals surface area contributed by atoms with Crippen molar-refractivity contribution in [2.24, 2.45) is 0 Å². The number of likely N-dealkylation sites (N-methyl/N-ethyl adjacent to an activating group) is 1. The third kappa shape index (κ3) is 5.17. The number of nitrogens with zero attached hydrogens (tertiary/aromatic N) is 1. The number of nitrogens with one attached hydrogen (secondary N) is 1. The molecule has 1 aliphatic rings. The van der Waals surface area contributed by atoms with E-state index in [-0.39, 0.29) is 5.82 Å². The van der Waals surface area contributed by atoms with Crippen LogP contribution >= 0.6 is 0 Å². The van der Waals surface area contributed by atoms with E-state index in [4.69, 9.17) is 4.74 Å². The van der Waals surface area contributed by atoms with Crippen molar-refractivity contribution < 1.29 is 9.13 Å². The summed E-state index contributed by atoms with van der Waals surface area (Å²) in [5.74, 6) is -0.200. The van der Waals surface area contributed by atoms with Gasteiger partial charge in [-0.2, -0.15) is 0 Å². The second-order valence-electron chi connectivity index (χ2n) is 5.19. The monoisotopic (exact) mass is 266 g/mol. The van der Waals surface area contributed by atoms with Gasteiger partial charge in [-0.15, -0.1) is 0 Å². The highest BCUT2D eigenvalue weighted by Crippen LogP contribution is 2.13. The second-order valence-corrected chi connectivity index (χ2v) is 5.19. The summed E-state index contributed by atoms with van der Waals surface area (Å²) in [5, 5.41) is 3.23. The molecule has 1 aromatic carbocycles. The van der Waals surface area contributed by atoms with Crippen LogP contribution in [-0.2, 0) is 4.74 Å². The van der Waals surface area contributed by atoms with E-state index < -0.39 is 0 Å². The van der Waals surface area contributed by atoms with Crippen molar-refractivity contribution in [3.05, 3.63) is 30.1 Å². The molecule has 106 valence electrons. The molecule has 0 bridgehead atoms. The van der Waals surface area contributed by atoms with Crippen LogP contribution in [0, 0.1) is 5.82 Å². The van der Waals surface area contributed by atoms with Crippen LogP contribution in [0.5, 0.6) is 0 Å². The zero-order valence-electron chi connectivity index (χ0n) is 11.6. The fourth-order valence-corrected chi connectivity index (χ4v) is 2.38. The predicted molar refractivity (Wildman–Crippen MR) is 76.0 cm³/mol. The Balaban J connectivity index is 1.64. The lowest BCUT2D eigenvalue weighted by Gasteiger charge is -2.27. The van der Waals surface area contributed by atoms with Crippen molar-refractivity contribution in [2.45, 2.75) is 25.4 Å². The fourth-order valence-electron chi connectivity index (χ4n) is 2.38. The summed E-state index contributed by atoms with van der Waals surface area (Å²) in [7, 11) is 2.10. The first-order chi connectivity index (χ1) is 9.24. The minimum absolute atomic E-state index is 0.200. The minimum atomic E-state index is -0.200. The van der Waals surface area contributed by atoms with Gasteiger partial charge in [0.05, 0.1) is 6.10 Å². The Hall–Kier alpha value is -1.13. The maximum absolute atomic E-state index is 13.0. The van der Waals surface area contributed by atoms with Gasteiger partial charge in [-0.1, -0.05) is 6.07 Å². The molecule has 0 saturated carbocycles. The third-order valence-electron chi connectivity index (χ3n) is 3.44. The molecule has 1 aromatic rings. The summed E-state index contributed by atoms with van der Waals surface area (Å²) in [5.41, 5.74) is 0.835. The molecule has 0 radical (unpaired) electrons. The van der Waals surface area contributed by atoms with E-state index in [0.29, 0.717) is 6.10 Å². The minimum Gasteiger partial charge on any atom is -0.384 e.